The zero-order chi connectivity index (χ0) is 14.5. The Morgan fingerprint density at radius 2 is 2.00 bits per heavy atom. The van der Waals surface area contributed by atoms with Gasteiger partial charge >= 0.3 is 0 Å². The van der Waals surface area contributed by atoms with E-state index in [1.807, 2.05) is 17.4 Å². The van der Waals surface area contributed by atoms with Crippen LogP contribution in [0.1, 0.15) is 35.2 Å². The van der Waals surface area contributed by atoms with E-state index in [0.29, 0.717) is 6.04 Å². The van der Waals surface area contributed by atoms with Gasteiger partial charge < -0.3 is 10.1 Å². The molecule has 2 nitrogen and oxygen atoms in total. The number of hydrogen-bond acceptors (Lipinski definition) is 3. The highest BCUT2D eigenvalue weighted by Crippen LogP contribution is 2.28. The largest absolute Gasteiger partial charge is 0.496 e. The van der Waals surface area contributed by atoms with Gasteiger partial charge in [-0.2, -0.15) is 0 Å². The second kappa shape index (κ2) is 7.25. The molecule has 0 saturated carbocycles. The molecule has 0 saturated heterocycles. The molecular formula is C16H20BrNOS. The van der Waals surface area contributed by atoms with Gasteiger partial charge in [0, 0.05) is 22.3 Å². The number of rotatable bonds is 6. The number of thiophene rings is 1. The zero-order valence-corrected chi connectivity index (χ0v) is 14.5. The Hall–Kier alpha value is -0.840. The normalized spacial score (nSPS) is 12.4. The first kappa shape index (κ1) is 15.5. The minimum Gasteiger partial charge on any atom is -0.496 e. The standard InChI is InChI=1S/C16H20BrNOS/c1-4-13-6-7-14(20-13)10-18-11(2)12-5-8-16(19-3)15(17)9-12/h5-9,11,18H,4,10H2,1-3H3. The molecule has 1 atom stereocenters. The van der Waals surface area contributed by atoms with E-state index in [1.165, 1.54) is 15.3 Å². The molecule has 0 radical (unpaired) electrons. The van der Waals surface area contributed by atoms with E-state index in [0.717, 1.165) is 23.2 Å². The maximum absolute atomic E-state index is 5.26. The molecule has 0 amide bonds. The maximum Gasteiger partial charge on any atom is 0.133 e. The van der Waals surface area contributed by atoms with Crippen LogP contribution in [0.3, 0.4) is 0 Å². The molecule has 0 aliphatic rings. The number of aryl methyl sites for hydroxylation is 1. The average Bonchev–Trinajstić information content (AvgIpc) is 2.92. The van der Waals surface area contributed by atoms with Gasteiger partial charge in [-0.25, -0.2) is 0 Å². The highest BCUT2D eigenvalue weighted by atomic mass is 79.9. The minimum atomic E-state index is 0.310. The predicted molar refractivity (Wildman–Crippen MR) is 89.6 cm³/mol. The number of ether oxygens (including phenoxy) is 1. The summed E-state index contributed by atoms with van der Waals surface area (Å²) in [6, 6.07) is 11.0. The number of nitrogens with one attached hydrogen (secondary N) is 1. The van der Waals surface area contributed by atoms with Gasteiger partial charge in [0.1, 0.15) is 5.75 Å². The van der Waals surface area contributed by atoms with Crippen LogP contribution in [0.25, 0.3) is 0 Å². The lowest BCUT2D eigenvalue weighted by atomic mass is 10.1. The van der Waals surface area contributed by atoms with Gasteiger partial charge in [0.25, 0.3) is 0 Å². The Morgan fingerprint density at radius 1 is 1.25 bits per heavy atom. The average molecular weight is 354 g/mol. The van der Waals surface area contributed by atoms with Crippen molar-refractivity contribution in [2.45, 2.75) is 32.9 Å². The molecule has 0 fully saturated rings. The van der Waals surface area contributed by atoms with Crippen molar-refractivity contribution in [3.8, 4) is 5.75 Å². The summed E-state index contributed by atoms with van der Waals surface area (Å²) in [6.45, 7) is 5.29. The topological polar surface area (TPSA) is 21.3 Å². The highest BCUT2D eigenvalue weighted by molar-refractivity contribution is 9.10. The third kappa shape index (κ3) is 3.84. The van der Waals surface area contributed by atoms with Gasteiger partial charge in [-0.3, -0.25) is 0 Å². The first-order valence-corrected chi connectivity index (χ1v) is 8.39. The molecule has 0 aliphatic heterocycles. The molecule has 20 heavy (non-hydrogen) atoms. The molecule has 4 heteroatoms. The van der Waals surface area contributed by atoms with E-state index in [2.05, 4.69) is 59.4 Å². The van der Waals surface area contributed by atoms with Crippen LogP contribution in [0.5, 0.6) is 5.75 Å². The van der Waals surface area contributed by atoms with Crippen LogP contribution >= 0.6 is 27.3 Å². The molecule has 0 bridgehead atoms. The van der Waals surface area contributed by atoms with Crippen LogP contribution in [0.15, 0.2) is 34.8 Å². The molecule has 108 valence electrons. The van der Waals surface area contributed by atoms with Crippen molar-refractivity contribution >= 4 is 27.3 Å². The van der Waals surface area contributed by atoms with Crippen molar-refractivity contribution in [1.82, 2.24) is 5.32 Å². The number of methoxy groups -OCH3 is 1. The molecular weight excluding hydrogens is 334 g/mol. The highest BCUT2D eigenvalue weighted by Gasteiger charge is 2.08. The van der Waals surface area contributed by atoms with E-state index in [-0.39, 0.29) is 0 Å². The smallest absolute Gasteiger partial charge is 0.133 e. The van der Waals surface area contributed by atoms with E-state index < -0.39 is 0 Å². The minimum absolute atomic E-state index is 0.310. The van der Waals surface area contributed by atoms with Gasteiger partial charge in [-0.1, -0.05) is 13.0 Å². The quantitative estimate of drug-likeness (QED) is 0.794. The SMILES string of the molecule is CCc1ccc(CNC(C)c2ccc(OC)c(Br)c2)s1. The summed E-state index contributed by atoms with van der Waals surface area (Å²) in [7, 11) is 1.68. The lowest BCUT2D eigenvalue weighted by Gasteiger charge is -2.15. The zero-order valence-electron chi connectivity index (χ0n) is 12.1. The van der Waals surface area contributed by atoms with E-state index in [1.54, 1.807) is 7.11 Å². The van der Waals surface area contributed by atoms with Crippen LogP contribution in [0.4, 0.5) is 0 Å². The van der Waals surface area contributed by atoms with Crippen molar-refractivity contribution in [3.05, 3.63) is 50.1 Å². The van der Waals surface area contributed by atoms with Gasteiger partial charge in [-0.05, 0) is 59.1 Å². The molecule has 1 aromatic carbocycles. The molecule has 0 aliphatic carbocycles. The van der Waals surface area contributed by atoms with Crippen molar-refractivity contribution in [1.29, 1.82) is 0 Å². The van der Waals surface area contributed by atoms with Crippen LogP contribution in [-0.4, -0.2) is 7.11 Å². The molecule has 2 aromatic rings. The van der Waals surface area contributed by atoms with Gasteiger partial charge in [-0.15, -0.1) is 11.3 Å². The van der Waals surface area contributed by atoms with Crippen LogP contribution in [0, 0.1) is 0 Å². The predicted octanol–water partition coefficient (Wildman–Crippen LogP) is 4.93. The molecule has 1 N–H and O–H groups in total. The van der Waals surface area contributed by atoms with Crippen LogP contribution < -0.4 is 10.1 Å². The molecule has 1 unspecified atom stereocenters. The first-order chi connectivity index (χ1) is 9.63. The summed E-state index contributed by atoms with van der Waals surface area (Å²) in [4.78, 5) is 2.84. The Morgan fingerprint density at radius 3 is 2.60 bits per heavy atom. The molecule has 1 heterocycles. The van der Waals surface area contributed by atoms with Crippen LogP contribution in [-0.2, 0) is 13.0 Å². The summed E-state index contributed by atoms with van der Waals surface area (Å²) in [5, 5.41) is 3.57. The summed E-state index contributed by atoms with van der Waals surface area (Å²) >= 11 is 5.42. The number of halogens is 1. The maximum atomic E-state index is 5.26. The first-order valence-electron chi connectivity index (χ1n) is 6.78. The number of benzene rings is 1. The Kier molecular flexibility index (Phi) is 5.64. The summed E-state index contributed by atoms with van der Waals surface area (Å²) in [5.74, 6) is 0.867. The van der Waals surface area contributed by atoms with E-state index >= 15 is 0 Å². The Bertz CT molecular complexity index is 567. The molecule has 0 spiro atoms. The second-order valence-electron chi connectivity index (χ2n) is 4.72. The summed E-state index contributed by atoms with van der Waals surface area (Å²) in [6.07, 6.45) is 1.12. The van der Waals surface area contributed by atoms with Crippen LogP contribution in [0.2, 0.25) is 0 Å². The fourth-order valence-electron chi connectivity index (χ4n) is 2.03. The van der Waals surface area contributed by atoms with Crippen molar-refractivity contribution < 1.29 is 4.74 Å². The number of hydrogen-bond donors (Lipinski definition) is 1. The monoisotopic (exact) mass is 353 g/mol. The fraction of sp³-hybridized carbons (Fsp3) is 0.375. The van der Waals surface area contributed by atoms with Crippen molar-refractivity contribution in [3.63, 3.8) is 0 Å². The van der Waals surface area contributed by atoms with E-state index in [9.17, 15) is 0 Å². The second-order valence-corrected chi connectivity index (χ2v) is 6.83. The molecule has 1 aromatic heterocycles. The third-order valence-corrected chi connectivity index (χ3v) is 5.17. The summed E-state index contributed by atoms with van der Waals surface area (Å²) < 4.78 is 6.25. The van der Waals surface area contributed by atoms with Crippen molar-refractivity contribution in [2.24, 2.45) is 0 Å². The third-order valence-electron chi connectivity index (χ3n) is 3.32. The van der Waals surface area contributed by atoms with E-state index in [4.69, 9.17) is 4.74 Å². The van der Waals surface area contributed by atoms with Gasteiger partial charge in [0.05, 0.1) is 11.6 Å². The fourth-order valence-corrected chi connectivity index (χ4v) is 3.50. The Balaban J connectivity index is 1.97. The Labute approximate surface area is 133 Å². The van der Waals surface area contributed by atoms with Gasteiger partial charge in [0.2, 0.25) is 0 Å². The summed E-state index contributed by atoms with van der Waals surface area (Å²) in [5.41, 5.74) is 1.25. The lowest BCUT2D eigenvalue weighted by molar-refractivity contribution is 0.411. The molecule has 2 rings (SSSR count). The van der Waals surface area contributed by atoms with Crippen molar-refractivity contribution in [2.75, 3.05) is 7.11 Å². The van der Waals surface area contributed by atoms with Gasteiger partial charge in [0.15, 0.2) is 0 Å². The lowest BCUT2D eigenvalue weighted by Crippen LogP contribution is -2.17.